The van der Waals surface area contributed by atoms with Crippen molar-refractivity contribution in [3.8, 4) is 28.5 Å². The second-order valence-electron chi connectivity index (χ2n) is 7.72. The molecule has 0 saturated carbocycles. The summed E-state index contributed by atoms with van der Waals surface area (Å²) >= 11 is 0. The van der Waals surface area contributed by atoms with Gasteiger partial charge in [-0.05, 0) is 35.4 Å². The normalized spacial score (nSPS) is 12.0. The first-order valence-corrected chi connectivity index (χ1v) is 10.5. The summed E-state index contributed by atoms with van der Waals surface area (Å²) in [5, 5.41) is 14.9. The molecule has 0 unspecified atom stereocenters. The van der Waals surface area contributed by atoms with E-state index in [-0.39, 0.29) is 12.5 Å². The molecule has 7 nitrogen and oxygen atoms in total. The number of aromatic nitrogens is 2. The zero-order chi connectivity index (χ0) is 22.8. The summed E-state index contributed by atoms with van der Waals surface area (Å²) in [4.78, 5) is 12.4. The number of ether oxygens (including phenoxy) is 3. The van der Waals surface area contributed by atoms with E-state index in [2.05, 4.69) is 0 Å². The molecule has 1 aliphatic heterocycles. The van der Waals surface area contributed by atoms with E-state index in [4.69, 9.17) is 19.3 Å². The van der Waals surface area contributed by atoms with Crippen molar-refractivity contribution < 1.29 is 24.1 Å². The second kappa shape index (κ2) is 8.70. The minimum atomic E-state index is -1.02. The molecule has 0 atom stereocenters. The van der Waals surface area contributed by atoms with Gasteiger partial charge in [0.25, 0.3) is 0 Å². The largest absolute Gasteiger partial charge is 0.497 e. The molecule has 2 heterocycles. The van der Waals surface area contributed by atoms with Crippen LogP contribution in [0, 0.1) is 0 Å². The first kappa shape index (κ1) is 20.6. The first-order chi connectivity index (χ1) is 16.1. The fourth-order valence-corrected chi connectivity index (χ4v) is 4.05. The summed E-state index contributed by atoms with van der Waals surface area (Å²) < 4.78 is 17.8. The number of methoxy groups -OCH3 is 1. The van der Waals surface area contributed by atoms with Gasteiger partial charge in [-0.1, -0.05) is 48.5 Å². The van der Waals surface area contributed by atoms with Gasteiger partial charge in [0.1, 0.15) is 5.75 Å². The molecule has 3 aromatic carbocycles. The van der Waals surface area contributed by atoms with Crippen molar-refractivity contribution in [2.75, 3.05) is 13.9 Å². The number of benzene rings is 3. The lowest BCUT2D eigenvalue weighted by Crippen LogP contribution is -2.13. The van der Waals surface area contributed by atoms with Gasteiger partial charge in [0.15, 0.2) is 17.2 Å². The average molecular weight is 442 g/mol. The lowest BCUT2D eigenvalue weighted by atomic mass is 9.98. The van der Waals surface area contributed by atoms with E-state index in [0.29, 0.717) is 41.5 Å². The molecule has 0 amide bonds. The zero-order valence-corrected chi connectivity index (χ0v) is 18.0. The highest BCUT2D eigenvalue weighted by atomic mass is 16.7. The molecular weight excluding hydrogens is 420 g/mol. The van der Waals surface area contributed by atoms with Gasteiger partial charge in [-0.25, -0.2) is 4.79 Å². The van der Waals surface area contributed by atoms with Crippen molar-refractivity contribution in [3.05, 3.63) is 95.2 Å². The highest BCUT2D eigenvalue weighted by Gasteiger charge is 2.25. The molecular formula is C26H22N2O5. The molecule has 7 heteroatoms. The predicted octanol–water partition coefficient (Wildman–Crippen LogP) is 4.62. The Bertz CT molecular complexity index is 1310. The fourth-order valence-electron chi connectivity index (χ4n) is 4.05. The number of aromatic carboxylic acids is 1. The van der Waals surface area contributed by atoms with Crippen LogP contribution in [0.1, 0.15) is 27.2 Å². The van der Waals surface area contributed by atoms with E-state index in [1.165, 1.54) is 0 Å². The van der Waals surface area contributed by atoms with Crippen LogP contribution in [0.15, 0.2) is 72.8 Å². The van der Waals surface area contributed by atoms with E-state index in [0.717, 1.165) is 16.7 Å². The third-order valence-electron chi connectivity index (χ3n) is 5.58. The zero-order valence-electron chi connectivity index (χ0n) is 18.0. The van der Waals surface area contributed by atoms with Gasteiger partial charge in [0.05, 0.1) is 19.3 Å². The van der Waals surface area contributed by atoms with Crippen LogP contribution in [0.25, 0.3) is 11.3 Å². The number of fused-ring (bicyclic) bond motifs is 1. The molecule has 0 bridgehead atoms. The highest BCUT2D eigenvalue weighted by Crippen LogP contribution is 2.35. The van der Waals surface area contributed by atoms with Crippen LogP contribution in [0.3, 0.4) is 0 Å². The molecule has 0 fully saturated rings. The molecule has 5 rings (SSSR count). The van der Waals surface area contributed by atoms with Crippen LogP contribution in [0.2, 0.25) is 0 Å². The van der Waals surface area contributed by atoms with Gasteiger partial charge in [-0.3, -0.25) is 4.68 Å². The standard InChI is InChI=1S/C26H22N2O5/c1-31-20-9-5-6-18(12-20)15-28-25(26(29)30)21(24(27-28)19-7-3-2-4-8-19)13-17-10-11-22-23(14-17)33-16-32-22/h2-12,14H,13,15-16H2,1H3,(H,29,30). The molecule has 33 heavy (non-hydrogen) atoms. The van der Waals surface area contributed by atoms with Gasteiger partial charge in [-0.15, -0.1) is 0 Å². The summed E-state index contributed by atoms with van der Waals surface area (Å²) in [5.41, 5.74) is 4.13. The van der Waals surface area contributed by atoms with Crippen molar-refractivity contribution in [2.45, 2.75) is 13.0 Å². The average Bonchev–Trinajstić information content (AvgIpc) is 3.44. The van der Waals surface area contributed by atoms with Crippen LogP contribution in [-0.2, 0) is 13.0 Å². The minimum absolute atomic E-state index is 0.161. The molecule has 0 radical (unpaired) electrons. The summed E-state index contributed by atoms with van der Waals surface area (Å²) in [6.45, 7) is 0.493. The molecule has 1 N–H and O–H groups in total. The number of carbonyl (C=O) groups is 1. The Morgan fingerprint density at radius 3 is 2.61 bits per heavy atom. The van der Waals surface area contributed by atoms with Crippen molar-refractivity contribution in [1.29, 1.82) is 0 Å². The van der Waals surface area contributed by atoms with Crippen LogP contribution < -0.4 is 14.2 Å². The number of rotatable bonds is 7. The summed E-state index contributed by atoms with van der Waals surface area (Å²) in [7, 11) is 1.60. The topological polar surface area (TPSA) is 82.8 Å². The van der Waals surface area contributed by atoms with Gasteiger partial charge in [0.2, 0.25) is 6.79 Å². The van der Waals surface area contributed by atoms with Crippen molar-refractivity contribution in [3.63, 3.8) is 0 Å². The molecule has 1 aliphatic rings. The molecule has 0 aliphatic carbocycles. The van der Waals surface area contributed by atoms with Crippen LogP contribution in [0.4, 0.5) is 0 Å². The maximum Gasteiger partial charge on any atom is 0.354 e. The Balaban J connectivity index is 1.61. The Kier molecular flexibility index (Phi) is 5.44. The van der Waals surface area contributed by atoms with Gasteiger partial charge in [-0.2, -0.15) is 5.10 Å². The van der Waals surface area contributed by atoms with E-state index in [1.807, 2.05) is 72.8 Å². The van der Waals surface area contributed by atoms with Crippen molar-refractivity contribution in [2.24, 2.45) is 0 Å². The monoisotopic (exact) mass is 442 g/mol. The van der Waals surface area contributed by atoms with Gasteiger partial charge < -0.3 is 19.3 Å². The Labute approximate surface area is 190 Å². The maximum absolute atomic E-state index is 12.4. The number of hydrogen-bond acceptors (Lipinski definition) is 5. The van der Waals surface area contributed by atoms with Crippen molar-refractivity contribution >= 4 is 5.97 Å². The molecule has 4 aromatic rings. The lowest BCUT2D eigenvalue weighted by molar-refractivity contribution is 0.0683. The fraction of sp³-hybridized carbons (Fsp3) is 0.154. The minimum Gasteiger partial charge on any atom is -0.497 e. The molecule has 0 spiro atoms. The summed E-state index contributed by atoms with van der Waals surface area (Å²) in [5.74, 6) is 1.03. The molecule has 166 valence electrons. The highest BCUT2D eigenvalue weighted by molar-refractivity contribution is 5.90. The third kappa shape index (κ3) is 4.13. The first-order valence-electron chi connectivity index (χ1n) is 10.5. The third-order valence-corrected chi connectivity index (χ3v) is 5.58. The van der Waals surface area contributed by atoms with Gasteiger partial charge in [0, 0.05) is 17.5 Å². The number of carboxylic acid groups (broad SMARTS) is 1. The number of nitrogens with zero attached hydrogens (tertiary/aromatic N) is 2. The van der Waals surface area contributed by atoms with Crippen LogP contribution in [0.5, 0.6) is 17.2 Å². The predicted molar refractivity (Wildman–Crippen MR) is 122 cm³/mol. The Hall–Kier alpha value is -4.26. The molecule has 0 saturated heterocycles. The number of hydrogen-bond donors (Lipinski definition) is 1. The van der Waals surface area contributed by atoms with Gasteiger partial charge >= 0.3 is 5.97 Å². The molecule has 1 aromatic heterocycles. The van der Waals surface area contributed by atoms with Crippen LogP contribution in [-0.4, -0.2) is 34.8 Å². The number of carboxylic acids is 1. The Morgan fingerprint density at radius 1 is 1.00 bits per heavy atom. The van der Waals surface area contributed by atoms with E-state index < -0.39 is 5.97 Å². The second-order valence-corrected chi connectivity index (χ2v) is 7.72. The smallest absolute Gasteiger partial charge is 0.354 e. The lowest BCUT2D eigenvalue weighted by Gasteiger charge is -2.08. The SMILES string of the molecule is COc1cccc(Cn2nc(-c3ccccc3)c(Cc3ccc4c(c3)OCO4)c2C(=O)O)c1. The van der Waals surface area contributed by atoms with E-state index >= 15 is 0 Å². The Morgan fingerprint density at radius 2 is 1.82 bits per heavy atom. The van der Waals surface area contributed by atoms with E-state index in [9.17, 15) is 9.90 Å². The quantitative estimate of drug-likeness (QED) is 0.450. The maximum atomic E-state index is 12.4. The summed E-state index contributed by atoms with van der Waals surface area (Å²) in [6.07, 6.45) is 0.389. The van der Waals surface area contributed by atoms with Crippen molar-refractivity contribution in [1.82, 2.24) is 9.78 Å². The summed E-state index contributed by atoms with van der Waals surface area (Å²) in [6, 6.07) is 22.8. The van der Waals surface area contributed by atoms with E-state index in [1.54, 1.807) is 11.8 Å². The van der Waals surface area contributed by atoms with Crippen LogP contribution >= 0.6 is 0 Å².